The Hall–Kier alpha value is -1.30. The average molecular weight is 258 g/mol. The Morgan fingerprint density at radius 1 is 1.33 bits per heavy atom. The monoisotopic (exact) mass is 258 g/mol. The fourth-order valence-electron chi connectivity index (χ4n) is 1.77. The van der Waals surface area contributed by atoms with E-state index in [-0.39, 0.29) is 12.1 Å². The van der Waals surface area contributed by atoms with Crippen molar-refractivity contribution in [2.45, 2.75) is 39.2 Å². The van der Waals surface area contributed by atoms with Crippen LogP contribution in [0.25, 0.3) is 0 Å². The minimum Gasteiger partial charge on any atom is -0.448 e. The van der Waals surface area contributed by atoms with Crippen molar-refractivity contribution >= 4 is 12.0 Å². The van der Waals surface area contributed by atoms with Crippen LogP contribution in [0.15, 0.2) is 0 Å². The molecule has 1 aliphatic rings. The number of carbonyl (C=O) groups is 2. The van der Waals surface area contributed by atoms with E-state index < -0.39 is 17.4 Å². The topological polar surface area (TPSA) is 90.6 Å². The molecule has 6 heteroatoms. The Labute approximate surface area is 107 Å². The molecule has 0 bridgehead atoms. The van der Waals surface area contributed by atoms with E-state index in [0.717, 1.165) is 0 Å². The van der Waals surface area contributed by atoms with Crippen LogP contribution in [-0.4, -0.2) is 37.4 Å². The molecule has 0 spiro atoms. The number of primary amides is 1. The largest absolute Gasteiger partial charge is 0.448 e. The molecular weight excluding hydrogens is 236 g/mol. The minimum absolute atomic E-state index is 0.00755. The summed E-state index contributed by atoms with van der Waals surface area (Å²) in [5.74, 6) is -0.436. The highest BCUT2D eigenvalue weighted by Crippen LogP contribution is 2.30. The first-order valence-corrected chi connectivity index (χ1v) is 6.08. The first-order chi connectivity index (χ1) is 8.25. The SMILES string of the molecule is CC(C)(C)NC(=O)OCC1(C(N)=O)CCOCC1. The summed E-state index contributed by atoms with van der Waals surface area (Å²) in [5, 5.41) is 2.67. The summed E-state index contributed by atoms with van der Waals surface area (Å²) < 4.78 is 10.3. The Morgan fingerprint density at radius 3 is 2.33 bits per heavy atom. The van der Waals surface area contributed by atoms with Gasteiger partial charge >= 0.3 is 6.09 Å². The van der Waals surface area contributed by atoms with Gasteiger partial charge in [-0.15, -0.1) is 0 Å². The first kappa shape index (κ1) is 14.8. The lowest BCUT2D eigenvalue weighted by Gasteiger charge is -2.33. The van der Waals surface area contributed by atoms with E-state index in [4.69, 9.17) is 15.2 Å². The van der Waals surface area contributed by atoms with Crippen LogP contribution < -0.4 is 11.1 Å². The summed E-state index contributed by atoms with van der Waals surface area (Å²) in [4.78, 5) is 23.1. The molecule has 18 heavy (non-hydrogen) atoms. The molecule has 6 nitrogen and oxygen atoms in total. The van der Waals surface area contributed by atoms with Gasteiger partial charge in [-0.1, -0.05) is 0 Å². The van der Waals surface area contributed by atoms with Gasteiger partial charge in [0.2, 0.25) is 5.91 Å². The second-order valence-electron chi connectivity index (χ2n) is 5.71. The van der Waals surface area contributed by atoms with Crippen LogP contribution in [0.4, 0.5) is 4.79 Å². The zero-order valence-electron chi connectivity index (χ0n) is 11.2. The van der Waals surface area contributed by atoms with Crippen molar-refractivity contribution in [2.24, 2.45) is 11.1 Å². The van der Waals surface area contributed by atoms with Gasteiger partial charge in [0, 0.05) is 18.8 Å². The fourth-order valence-corrected chi connectivity index (χ4v) is 1.77. The van der Waals surface area contributed by atoms with Crippen molar-refractivity contribution in [1.82, 2.24) is 5.32 Å². The summed E-state index contributed by atoms with van der Waals surface area (Å²) in [6.07, 6.45) is 0.450. The number of amides is 2. The highest BCUT2D eigenvalue weighted by molar-refractivity contribution is 5.81. The van der Waals surface area contributed by atoms with Gasteiger partial charge in [0.15, 0.2) is 0 Å². The van der Waals surface area contributed by atoms with Crippen LogP contribution in [0, 0.1) is 5.41 Å². The zero-order valence-corrected chi connectivity index (χ0v) is 11.2. The van der Waals surface area contributed by atoms with E-state index in [0.29, 0.717) is 26.1 Å². The van der Waals surface area contributed by atoms with Crippen molar-refractivity contribution in [3.05, 3.63) is 0 Å². The van der Waals surface area contributed by atoms with Gasteiger partial charge < -0.3 is 20.5 Å². The number of carbonyl (C=O) groups excluding carboxylic acids is 2. The van der Waals surface area contributed by atoms with Gasteiger partial charge in [0.1, 0.15) is 6.61 Å². The molecule has 0 aromatic heterocycles. The van der Waals surface area contributed by atoms with Crippen LogP contribution >= 0.6 is 0 Å². The fraction of sp³-hybridized carbons (Fsp3) is 0.833. The summed E-state index contributed by atoms with van der Waals surface area (Å²) in [5.41, 5.74) is 4.26. The zero-order chi connectivity index (χ0) is 13.8. The third-order valence-corrected chi connectivity index (χ3v) is 2.93. The molecule has 0 aliphatic carbocycles. The normalized spacial score (nSPS) is 19.1. The molecule has 0 aromatic carbocycles. The van der Waals surface area contributed by atoms with E-state index in [2.05, 4.69) is 5.32 Å². The lowest BCUT2D eigenvalue weighted by molar-refractivity contribution is -0.136. The molecule has 3 N–H and O–H groups in total. The molecule has 0 saturated carbocycles. The van der Waals surface area contributed by atoms with Crippen molar-refractivity contribution in [2.75, 3.05) is 19.8 Å². The molecule has 0 radical (unpaired) electrons. The standard InChI is InChI=1S/C12H22N2O4/c1-11(2,3)14-10(16)18-8-12(9(13)15)4-6-17-7-5-12/h4-8H2,1-3H3,(H2,13,15)(H,14,16). The molecule has 0 atom stereocenters. The maximum absolute atomic E-state index is 11.5. The Bertz CT molecular complexity index is 317. The lowest BCUT2D eigenvalue weighted by Crippen LogP contribution is -2.48. The summed E-state index contributed by atoms with van der Waals surface area (Å²) in [6, 6.07) is 0. The van der Waals surface area contributed by atoms with Crippen LogP contribution in [-0.2, 0) is 14.3 Å². The molecule has 1 heterocycles. The third kappa shape index (κ3) is 4.18. The van der Waals surface area contributed by atoms with Gasteiger partial charge in [0.05, 0.1) is 5.41 Å². The molecule has 1 rings (SSSR count). The second-order valence-corrected chi connectivity index (χ2v) is 5.71. The van der Waals surface area contributed by atoms with E-state index in [1.54, 1.807) is 0 Å². The van der Waals surface area contributed by atoms with Crippen LogP contribution in [0.3, 0.4) is 0 Å². The van der Waals surface area contributed by atoms with Crippen molar-refractivity contribution in [1.29, 1.82) is 0 Å². The van der Waals surface area contributed by atoms with E-state index in [1.807, 2.05) is 20.8 Å². The van der Waals surface area contributed by atoms with Gasteiger partial charge in [-0.3, -0.25) is 4.79 Å². The summed E-state index contributed by atoms with van der Waals surface area (Å²) in [6.45, 7) is 6.50. The number of ether oxygens (including phenoxy) is 2. The summed E-state index contributed by atoms with van der Waals surface area (Å²) in [7, 11) is 0. The summed E-state index contributed by atoms with van der Waals surface area (Å²) >= 11 is 0. The van der Waals surface area contributed by atoms with Crippen molar-refractivity contribution in [3.8, 4) is 0 Å². The van der Waals surface area contributed by atoms with Crippen LogP contribution in [0.5, 0.6) is 0 Å². The van der Waals surface area contributed by atoms with Crippen LogP contribution in [0.1, 0.15) is 33.6 Å². The van der Waals surface area contributed by atoms with Gasteiger partial charge in [-0.2, -0.15) is 0 Å². The number of nitrogens with one attached hydrogen (secondary N) is 1. The maximum Gasteiger partial charge on any atom is 0.407 e. The maximum atomic E-state index is 11.5. The Morgan fingerprint density at radius 2 is 1.89 bits per heavy atom. The molecule has 0 unspecified atom stereocenters. The number of hydrogen-bond acceptors (Lipinski definition) is 4. The number of rotatable bonds is 3. The van der Waals surface area contributed by atoms with E-state index in [9.17, 15) is 9.59 Å². The van der Waals surface area contributed by atoms with Crippen molar-refractivity contribution < 1.29 is 19.1 Å². The molecule has 1 fully saturated rings. The van der Waals surface area contributed by atoms with E-state index >= 15 is 0 Å². The first-order valence-electron chi connectivity index (χ1n) is 6.08. The quantitative estimate of drug-likeness (QED) is 0.783. The number of nitrogens with two attached hydrogens (primary N) is 1. The molecular formula is C12H22N2O4. The second kappa shape index (κ2) is 5.56. The van der Waals surface area contributed by atoms with E-state index in [1.165, 1.54) is 0 Å². The average Bonchev–Trinajstić information content (AvgIpc) is 2.25. The highest BCUT2D eigenvalue weighted by atomic mass is 16.5. The molecule has 1 aliphatic heterocycles. The Kier molecular flexibility index (Phi) is 4.56. The molecule has 104 valence electrons. The third-order valence-electron chi connectivity index (χ3n) is 2.93. The van der Waals surface area contributed by atoms with Gasteiger partial charge in [-0.25, -0.2) is 4.79 Å². The number of alkyl carbamates (subject to hydrolysis) is 1. The minimum atomic E-state index is -0.784. The smallest absolute Gasteiger partial charge is 0.407 e. The van der Waals surface area contributed by atoms with Gasteiger partial charge in [-0.05, 0) is 33.6 Å². The lowest BCUT2D eigenvalue weighted by atomic mass is 9.80. The molecule has 0 aromatic rings. The molecule has 1 saturated heterocycles. The highest BCUT2D eigenvalue weighted by Gasteiger charge is 2.40. The van der Waals surface area contributed by atoms with Crippen LogP contribution in [0.2, 0.25) is 0 Å². The van der Waals surface area contributed by atoms with Crippen molar-refractivity contribution in [3.63, 3.8) is 0 Å². The molecule has 2 amide bonds. The van der Waals surface area contributed by atoms with Gasteiger partial charge in [0.25, 0.3) is 0 Å². The Balaban J connectivity index is 2.53. The number of hydrogen-bond donors (Lipinski definition) is 2. The predicted octanol–water partition coefficient (Wildman–Crippen LogP) is 0.793. The predicted molar refractivity (Wildman–Crippen MR) is 65.9 cm³/mol.